The van der Waals surface area contributed by atoms with Gasteiger partial charge in [0.25, 0.3) is 0 Å². The molecule has 0 aliphatic carbocycles. The van der Waals surface area contributed by atoms with E-state index < -0.39 is 0 Å². The number of hydrogen-bond donors (Lipinski definition) is 1. The first-order chi connectivity index (χ1) is 8.22. The zero-order valence-corrected chi connectivity index (χ0v) is 12.7. The summed E-state index contributed by atoms with van der Waals surface area (Å²) in [4.78, 5) is 2.38. The first-order valence-corrected chi connectivity index (χ1v) is 6.06. The van der Waals surface area contributed by atoms with Crippen molar-refractivity contribution in [2.45, 2.75) is 13.0 Å². The number of halogens is 3. The lowest BCUT2D eigenvalue weighted by molar-refractivity contribution is 0.203. The molecule has 1 saturated heterocycles. The predicted molar refractivity (Wildman–Crippen MR) is 83.0 cm³/mol. The molecule has 1 N–H and O–H groups in total. The van der Waals surface area contributed by atoms with Crippen LogP contribution in [0.4, 0.5) is 4.39 Å². The molecular weight excluding hydrogens is 286 g/mol. The molecule has 1 fully saturated rings. The summed E-state index contributed by atoms with van der Waals surface area (Å²) in [6, 6.07) is 5.19. The number of aryl methyl sites for hydroxylation is 1. The molecule has 19 heavy (non-hydrogen) atoms. The predicted octanol–water partition coefficient (Wildman–Crippen LogP) is 3.11. The summed E-state index contributed by atoms with van der Waals surface area (Å²) in [6.45, 7) is 9.90. The third kappa shape index (κ3) is 4.46. The van der Waals surface area contributed by atoms with Crippen molar-refractivity contribution >= 4 is 24.8 Å². The van der Waals surface area contributed by atoms with E-state index in [4.69, 9.17) is 0 Å². The highest BCUT2D eigenvalue weighted by atomic mass is 35.5. The average molecular weight is 307 g/mol. The van der Waals surface area contributed by atoms with Crippen molar-refractivity contribution in [2.24, 2.45) is 0 Å². The highest BCUT2D eigenvalue weighted by Gasteiger charge is 2.20. The molecule has 0 bridgehead atoms. The summed E-state index contributed by atoms with van der Waals surface area (Å²) in [6.07, 6.45) is 1.95. The van der Waals surface area contributed by atoms with Crippen molar-refractivity contribution in [3.63, 3.8) is 0 Å². The number of nitrogens with one attached hydrogen (secondary N) is 1. The monoisotopic (exact) mass is 306 g/mol. The fourth-order valence-electron chi connectivity index (χ4n) is 2.40. The van der Waals surface area contributed by atoms with E-state index >= 15 is 0 Å². The third-order valence-electron chi connectivity index (χ3n) is 3.32. The van der Waals surface area contributed by atoms with E-state index in [1.807, 2.05) is 19.1 Å². The van der Waals surface area contributed by atoms with Gasteiger partial charge in [-0.1, -0.05) is 12.1 Å². The molecule has 1 aliphatic rings. The number of rotatable bonds is 3. The van der Waals surface area contributed by atoms with Crippen molar-refractivity contribution in [1.29, 1.82) is 0 Å². The fraction of sp³-hybridized carbons (Fsp3) is 0.429. The quantitative estimate of drug-likeness (QED) is 0.863. The molecule has 1 aliphatic heterocycles. The highest BCUT2D eigenvalue weighted by molar-refractivity contribution is 5.85. The molecule has 108 valence electrons. The Balaban J connectivity index is 0.00000162. The lowest BCUT2D eigenvalue weighted by atomic mass is 9.99. The Morgan fingerprint density at radius 2 is 1.95 bits per heavy atom. The normalized spacial score (nSPS) is 16.9. The van der Waals surface area contributed by atoms with Gasteiger partial charge in [0, 0.05) is 26.2 Å². The molecule has 0 aromatic heterocycles. The maximum Gasteiger partial charge on any atom is 0.123 e. The van der Waals surface area contributed by atoms with E-state index in [1.165, 1.54) is 6.07 Å². The Bertz CT molecular complexity index is 406. The fourth-order valence-corrected chi connectivity index (χ4v) is 2.40. The Morgan fingerprint density at radius 1 is 1.32 bits per heavy atom. The molecule has 2 rings (SSSR count). The van der Waals surface area contributed by atoms with E-state index in [1.54, 1.807) is 6.07 Å². The van der Waals surface area contributed by atoms with Crippen LogP contribution in [-0.4, -0.2) is 31.1 Å². The van der Waals surface area contributed by atoms with E-state index in [9.17, 15) is 4.39 Å². The van der Waals surface area contributed by atoms with E-state index in [2.05, 4.69) is 16.8 Å². The van der Waals surface area contributed by atoms with Crippen LogP contribution < -0.4 is 5.32 Å². The van der Waals surface area contributed by atoms with E-state index in [0.717, 1.165) is 37.3 Å². The second kappa shape index (κ2) is 8.54. The first-order valence-electron chi connectivity index (χ1n) is 6.06. The maximum absolute atomic E-state index is 13.1. The summed E-state index contributed by atoms with van der Waals surface area (Å²) in [5, 5.41) is 3.33. The standard InChI is InChI=1S/C14H19FN2.2ClH/c1-3-14(17-8-6-16-7-9-17)13-5-4-12(15)10-11(13)2;;/h3-5,10,14,16H,1,6-9H2,2H3;2*1H/t14-;;/m1../s1. The molecule has 0 spiro atoms. The van der Waals surface area contributed by atoms with Gasteiger partial charge in [-0.05, 0) is 30.2 Å². The topological polar surface area (TPSA) is 15.3 Å². The molecule has 1 heterocycles. The van der Waals surface area contributed by atoms with Gasteiger partial charge in [-0.15, -0.1) is 31.4 Å². The number of hydrogen-bond acceptors (Lipinski definition) is 2. The van der Waals surface area contributed by atoms with E-state index in [-0.39, 0.29) is 36.7 Å². The summed E-state index contributed by atoms with van der Waals surface area (Å²) in [7, 11) is 0. The second-order valence-electron chi connectivity index (χ2n) is 4.47. The van der Waals surface area contributed by atoms with Crippen LogP contribution in [0.2, 0.25) is 0 Å². The van der Waals surface area contributed by atoms with Gasteiger partial charge in [-0.2, -0.15) is 0 Å². The molecule has 5 heteroatoms. The van der Waals surface area contributed by atoms with Crippen molar-refractivity contribution in [1.82, 2.24) is 10.2 Å². The van der Waals surface area contributed by atoms with Gasteiger partial charge in [0.15, 0.2) is 0 Å². The molecule has 1 atom stereocenters. The smallest absolute Gasteiger partial charge is 0.123 e. The Morgan fingerprint density at radius 3 is 2.47 bits per heavy atom. The van der Waals surface area contributed by atoms with Gasteiger partial charge in [0.1, 0.15) is 5.82 Å². The lowest BCUT2D eigenvalue weighted by Crippen LogP contribution is -2.44. The van der Waals surface area contributed by atoms with Crippen LogP contribution in [0, 0.1) is 12.7 Å². The van der Waals surface area contributed by atoms with Gasteiger partial charge in [0.05, 0.1) is 6.04 Å². The summed E-state index contributed by atoms with van der Waals surface area (Å²) >= 11 is 0. The van der Waals surface area contributed by atoms with Gasteiger partial charge in [-0.3, -0.25) is 4.90 Å². The summed E-state index contributed by atoms with van der Waals surface area (Å²) < 4.78 is 13.1. The zero-order valence-electron chi connectivity index (χ0n) is 11.1. The van der Waals surface area contributed by atoms with Gasteiger partial charge in [-0.25, -0.2) is 4.39 Å². The van der Waals surface area contributed by atoms with Crippen LogP contribution in [-0.2, 0) is 0 Å². The minimum atomic E-state index is -0.172. The van der Waals surface area contributed by atoms with Crippen molar-refractivity contribution < 1.29 is 4.39 Å². The van der Waals surface area contributed by atoms with Gasteiger partial charge < -0.3 is 5.32 Å². The second-order valence-corrected chi connectivity index (χ2v) is 4.47. The van der Waals surface area contributed by atoms with Crippen LogP contribution in [0.3, 0.4) is 0 Å². The maximum atomic E-state index is 13.1. The van der Waals surface area contributed by atoms with Crippen LogP contribution >= 0.6 is 24.8 Å². The molecular formula is C14H21Cl2FN2. The lowest BCUT2D eigenvalue weighted by Gasteiger charge is -2.34. The summed E-state index contributed by atoms with van der Waals surface area (Å²) in [5.74, 6) is -0.172. The van der Waals surface area contributed by atoms with Crippen LogP contribution in [0.1, 0.15) is 17.2 Å². The molecule has 1 aromatic carbocycles. The minimum absolute atomic E-state index is 0. The van der Waals surface area contributed by atoms with Crippen LogP contribution in [0.25, 0.3) is 0 Å². The van der Waals surface area contributed by atoms with Gasteiger partial charge in [0.2, 0.25) is 0 Å². The Labute approximate surface area is 126 Å². The number of nitrogens with zero attached hydrogens (tertiary/aromatic N) is 1. The highest BCUT2D eigenvalue weighted by Crippen LogP contribution is 2.25. The third-order valence-corrected chi connectivity index (χ3v) is 3.32. The number of benzene rings is 1. The molecule has 0 amide bonds. The first kappa shape index (κ1) is 18.4. The Hall–Kier alpha value is -0.610. The zero-order chi connectivity index (χ0) is 12.3. The summed E-state index contributed by atoms with van der Waals surface area (Å²) in [5.41, 5.74) is 2.15. The largest absolute Gasteiger partial charge is 0.314 e. The van der Waals surface area contributed by atoms with Crippen LogP contribution in [0.5, 0.6) is 0 Å². The molecule has 0 saturated carbocycles. The van der Waals surface area contributed by atoms with E-state index in [0.29, 0.717) is 0 Å². The van der Waals surface area contributed by atoms with Crippen molar-refractivity contribution in [3.8, 4) is 0 Å². The van der Waals surface area contributed by atoms with Crippen molar-refractivity contribution in [3.05, 3.63) is 47.8 Å². The number of piperazine rings is 1. The van der Waals surface area contributed by atoms with Crippen LogP contribution in [0.15, 0.2) is 30.9 Å². The molecule has 1 aromatic rings. The molecule has 0 radical (unpaired) electrons. The molecule has 2 nitrogen and oxygen atoms in total. The van der Waals surface area contributed by atoms with Crippen molar-refractivity contribution in [2.75, 3.05) is 26.2 Å². The Kier molecular flexibility index (Phi) is 8.26. The molecule has 0 unspecified atom stereocenters. The minimum Gasteiger partial charge on any atom is -0.314 e. The van der Waals surface area contributed by atoms with Gasteiger partial charge >= 0.3 is 0 Å². The average Bonchev–Trinajstić information content (AvgIpc) is 2.34. The SMILES string of the molecule is C=C[C@H](c1ccc(F)cc1C)N1CCNCC1.Cl.Cl.